The van der Waals surface area contributed by atoms with Crippen LogP contribution in [0.2, 0.25) is 0 Å². The third-order valence-corrected chi connectivity index (χ3v) is 4.43. The van der Waals surface area contributed by atoms with Crippen molar-refractivity contribution in [2.75, 3.05) is 11.3 Å². The van der Waals surface area contributed by atoms with Gasteiger partial charge in [-0.05, 0) is 12.1 Å². The highest BCUT2D eigenvalue weighted by Gasteiger charge is 2.37. The summed E-state index contributed by atoms with van der Waals surface area (Å²) in [6.45, 7) is -0.362. The van der Waals surface area contributed by atoms with Crippen molar-refractivity contribution in [3.8, 4) is 0 Å². The van der Waals surface area contributed by atoms with Gasteiger partial charge in [-0.3, -0.25) is 19.6 Å². The standard InChI is InChI=1S/C11H12N4O5S/c12-9(16)6-3-1-2-4-7(6)15-21(19,20)8-5-13-11(18)14-10(8)17/h1-4,8,15H,5H2,(H2,12,16)(H2,13,14,17,18). The van der Waals surface area contributed by atoms with Crippen LogP contribution in [0.4, 0.5) is 10.5 Å². The van der Waals surface area contributed by atoms with Crippen molar-refractivity contribution in [3.05, 3.63) is 29.8 Å². The smallest absolute Gasteiger partial charge is 0.321 e. The number of carbonyl (C=O) groups is 3. The summed E-state index contributed by atoms with van der Waals surface area (Å²) < 4.78 is 26.5. The van der Waals surface area contributed by atoms with Crippen LogP contribution in [-0.4, -0.2) is 38.1 Å². The molecule has 0 saturated carbocycles. The highest BCUT2D eigenvalue weighted by atomic mass is 32.2. The minimum Gasteiger partial charge on any atom is -0.366 e. The van der Waals surface area contributed by atoms with Crippen LogP contribution in [0.25, 0.3) is 0 Å². The quantitative estimate of drug-likeness (QED) is 0.547. The number of benzene rings is 1. The first-order valence-electron chi connectivity index (χ1n) is 5.80. The van der Waals surface area contributed by atoms with Gasteiger partial charge in [0.25, 0.3) is 5.91 Å². The van der Waals surface area contributed by atoms with Gasteiger partial charge in [-0.25, -0.2) is 13.2 Å². The minimum atomic E-state index is -4.15. The zero-order chi connectivity index (χ0) is 15.6. The minimum absolute atomic E-state index is 0.0265. The Morgan fingerprint density at radius 3 is 2.57 bits per heavy atom. The summed E-state index contributed by atoms with van der Waals surface area (Å²) in [6, 6.07) is 4.96. The first-order chi connectivity index (χ1) is 9.81. The molecule has 1 aliphatic heterocycles. The Balaban J connectivity index is 2.28. The summed E-state index contributed by atoms with van der Waals surface area (Å²) in [5.74, 6) is -1.75. The number of rotatable bonds is 4. The number of hydrogen-bond donors (Lipinski definition) is 4. The monoisotopic (exact) mass is 312 g/mol. The van der Waals surface area contributed by atoms with Gasteiger partial charge >= 0.3 is 6.03 Å². The zero-order valence-corrected chi connectivity index (χ0v) is 11.4. The second-order valence-corrected chi connectivity index (χ2v) is 6.11. The van der Waals surface area contributed by atoms with Crippen LogP contribution in [-0.2, 0) is 14.8 Å². The van der Waals surface area contributed by atoms with Crippen LogP contribution in [0.15, 0.2) is 24.3 Å². The second kappa shape index (κ2) is 5.40. The van der Waals surface area contributed by atoms with E-state index in [0.717, 1.165) is 0 Å². The molecular weight excluding hydrogens is 300 g/mol. The third-order valence-electron chi connectivity index (χ3n) is 2.80. The highest BCUT2D eigenvalue weighted by Crippen LogP contribution is 2.18. The number of nitrogens with two attached hydrogens (primary N) is 1. The van der Waals surface area contributed by atoms with Crippen molar-refractivity contribution in [1.29, 1.82) is 0 Å². The maximum atomic E-state index is 12.2. The lowest BCUT2D eigenvalue weighted by Gasteiger charge is -2.23. The van der Waals surface area contributed by atoms with Crippen LogP contribution in [0, 0.1) is 0 Å². The molecular formula is C11H12N4O5S. The maximum absolute atomic E-state index is 12.2. The molecule has 0 aromatic heterocycles. The molecule has 10 heteroatoms. The van der Waals surface area contributed by atoms with Gasteiger partial charge < -0.3 is 11.1 Å². The molecule has 5 N–H and O–H groups in total. The van der Waals surface area contributed by atoms with Gasteiger partial charge in [-0.15, -0.1) is 0 Å². The molecule has 1 atom stereocenters. The fraction of sp³-hybridized carbons (Fsp3) is 0.182. The number of hydrogen-bond acceptors (Lipinski definition) is 5. The van der Waals surface area contributed by atoms with Crippen molar-refractivity contribution in [3.63, 3.8) is 0 Å². The summed E-state index contributed by atoms with van der Waals surface area (Å²) in [6.07, 6.45) is 0. The Labute approximate surface area is 119 Å². The van der Waals surface area contributed by atoms with Gasteiger partial charge in [-0.1, -0.05) is 12.1 Å². The summed E-state index contributed by atoms with van der Waals surface area (Å²) in [7, 11) is -4.15. The van der Waals surface area contributed by atoms with E-state index < -0.39 is 33.1 Å². The third kappa shape index (κ3) is 3.11. The Morgan fingerprint density at radius 2 is 1.95 bits per heavy atom. The van der Waals surface area contributed by atoms with Crippen LogP contribution in [0.1, 0.15) is 10.4 Å². The molecule has 112 valence electrons. The number of primary amides is 1. The highest BCUT2D eigenvalue weighted by molar-refractivity contribution is 7.94. The number of imide groups is 1. The predicted molar refractivity (Wildman–Crippen MR) is 72.8 cm³/mol. The first-order valence-corrected chi connectivity index (χ1v) is 7.35. The van der Waals surface area contributed by atoms with Crippen LogP contribution in [0.5, 0.6) is 0 Å². The molecule has 1 fully saturated rings. The van der Waals surface area contributed by atoms with Gasteiger partial charge in [-0.2, -0.15) is 0 Å². The van der Waals surface area contributed by atoms with E-state index in [1.165, 1.54) is 24.3 Å². The fourth-order valence-corrected chi connectivity index (χ4v) is 3.05. The Kier molecular flexibility index (Phi) is 3.80. The molecule has 1 unspecified atom stereocenters. The number of nitrogens with one attached hydrogen (secondary N) is 3. The molecule has 0 radical (unpaired) electrons. The van der Waals surface area contributed by atoms with E-state index in [1.54, 1.807) is 0 Å². The molecule has 0 spiro atoms. The lowest BCUT2D eigenvalue weighted by atomic mass is 10.2. The first kappa shape index (κ1) is 14.8. The predicted octanol–water partition coefficient (Wildman–Crippen LogP) is -1.26. The molecule has 0 bridgehead atoms. The Morgan fingerprint density at radius 1 is 1.29 bits per heavy atom. The number of carbonyl (C=O) groups excluding carboxylic acids is 3. The summed E-state index contributed by atoms with van der Waals surface area (Å²) in [5, 5.41) is 2.57. The zero-order valence-electron chi connectivity index (χ0n) is 10.6. The summed E-state index contributed by atoms with van der Waals surface area (Å²) >= 11 is 0. The average Bonchev–Trinajstić information content (AvgIpc) is 2.37. The van der Waals surface area contributed by atoms with Gasteiger partial charge in [0.1, 0.15) is 0 Å². The fourth-order valence-electron chi connectivity index (χ4n) is 1.78. The number of anilines is 1. The summed E-state index contributed by atoms with van der Waals surface area (Å²) in [4.78, 5) is 33.7. The van der Waals surface area contributed by atoms with Crippen molar-refractivity contribution in [2.24, 2.45) is 5.73 Å². The average molecular weight is 312 g/mol. The van der Waals surface area contributed by atoms with Gasteiger partial charge in [0, 0.05) is 6.54 Å². The second-order valence-electron chi connectivity index (χ2n) is 4.24. The normalized spacial score (nSPS) is 18.6. The maximum Gasteiger partial charge on any atom is 0.321 e. The Bertz CT molecular complexity index is 715. The van der Waals surface area contributed by atoms with Crippen LogP contribution < -0.4 is 21.1 Å². The van der Waals surface area contributed by atoms with Crippen molar-refractivity contribution >= 4 is 33.6 Å². The number of urea groups is 1. The van der Waals surface area contributed by atoms with E-state index in [9.17, 15) is 22.8 Å². The number of amides is 4. The molecule has 2 rings (SSSR count). The van der Waals surface area contributed by atoms with E-state index in [1.807, 2.05) is 5.32 Å². The number of sulfonamides is 1. The molecule has 21 heavy (non-hydrogen) atoms. The van der Waals surface area contributed by atoms with Crippen molar-refractivity contribution in [2.45, 2.75) is 5.25 Å². The molecule has 9 nitrogen and oxygen atoms in total. The van der Waals surface area contributed by atoms with Crippen molar-refractivity contribution < 1.29 is 22.8 Å². The summed E-state index contributed by atoms with van der Waals surface area (Å²) in [5.41, 5.74) is 5.09. The lowest BCUT2D eigenvalue weighted by Crippen LogP contribution is -2.58. The molecule has 4 amide bonds. The van der Waals surface area contributed by atoms with Crippen molar-refractivity contribution in [1.82, 2.24) is 10.6 Å². The largest absolute Gasteiger partial charge is 0.366 e. The van der Waals surface area contributed by atoms with E-state index in [2.05, 4.69) is 10.0 Å². The van der Waals surface area contributed by atoms with Crippen LogP contribution >= 0.6 is 0 Å². The molecule has 1 heterocycles. The van der Waals surface area contributed by atoms with E-state index in [-0.39, 0.29) is 17.8 Å². The van der Waals surface area contributed by atoms with Crippen LogP contribution in [0.3, 0.4) is 0 Å². The Hall–Kier alpha value is -2.62. The van der Waals surface area contributed by atoms with E-state index >= 15 is 0 Å². The number of para-hydroxylation sites is 1. The SMILES string of the molecule is NC(=O)c1ccccc1NS(=O)(=O)C1CNC(=O)NC1=O. The lowest BCUT2D eigenvalue weighted by molar-refractivity contribution is -0.120. The van der Waals surface area contributed by atoms with E-state index in [4.69, 9.17) is 5.73 Å². The molecule has 1 aromatic carbocycles. The molecule has 1 aliphatic rings. The molecule has 1 saturated heterocycles. The topological polar surface area (TPSA) is 147 Å². The van der Waals surface area contributed by atoms with E-state index in [0.29, 0.717) is 0 Å². The molecule has 0 aliphatic carbocycles. The van der Waals surface area contributed by atoms with Gasteiger partial charge in [0.2, 0.25) is 15.9 Å². The molecule has 1 aromatic rings. The van der Waals surface area contributed by atoms with Gasteiger partial charge in [0.15, 0.2) is 5.25 Å². The van der Waals surface area contributed by atoms with Gasteiger partial charge in [0.05, 0.1) is 11.3 Å².